The third-order valence-electron chi connectivity index (χ3n) is 2.45. The van der Waals surface area contributed by atoms with Crippen molar-refractivity contribution in [1.29, 1.82) is 0 Å². The van der Waals surface area contributed by atoms with Crippen molar-refractivity contribution in [2.45, 2.75) is 20.0 Å². The summed E-state index contributed by atoms with van der Waals surface area (Å²) in [7, 11) is 1.59. The molecule has 1 aromatic carbocycles. The van der Waals surface area contributed by atoms with Crippen molar-refractivity contribution in [3.05, 3.63) is 28.2 Å². The van der Waals surface area contributed by atoms with Crippen LogP contribution in [0.5, 0.6) is 6.01 Å². The normalized spacial score (nSPS) is 10.8. The molecule has 2 rings (SSSR count). The van der Waals surface area contributed by atoms with E-state index in [1.165, 1.54) is 6.07 Å². The summed E-state index contributed by atoms with van der Waals surface area (Å²) in [5.74, 6) is -1.52. The lowest BCUT2D eigenvalue weighted by Gasteiger charge is -2.11. The Bertz CT molecular complexity index is 667. The summed E-state index contributed by atoms with van der Waals surface area (Å²) < 4.78 is 33.5. The molecule has 0 unspecified atom stereocenters. The van der Waals surface area contributed by atoms with Gasteiger partial charge in [-0.3, -0.25) is 0 Å². The number of halogens is 3. The SMILES string of the molecule is CNc1nc(OC(C)C)nc(-c2c(F)ccc(Br)c2F)n1. The van der Waals surface area contributed by atoms with Crippen LogP contribution in [0.15, 0.2) is 16.6 Å². The minimum atomic E-state index is -0.779. The summed E-state index contributed by atoms with van der Waals surface area (Å²) in [6.07, 6.45) is -0.179. The van der Waals surface area contributed by atoms with E-state index in [9.17, 15) is 8.78 Å². The Morgan fingerprint density at radius 1 is 1.19 bits per heavy atom. The Balaban J connectivity index is 2.61. The minimum absolute atomic E-state index is 0.00174. The first kappa shape index (κ1) is 15.6. The van der Waals surface area contributed by atoms with E-state index in [1.54, 1.807) is 20.9 Å². The van der Waals surface area contributed by atoms with Gasteiger partial charge in [-0.05, 0) is 41.9 Å². The standard InChI is InChI=1S/C13H13BrF2N4O/c1-6(2)21-13-19-11(18-12(17-3)20-13)9-8(15)5-4-7(14)10(9)16/h4-6H,1-3H3,(H,17,18,19,20). The number of anilines is 1. The first-order valence-electron chi connectivity index (χ1n) is 6.16. The highest BCUT2D eigenvalue weighted by Gasteiger charge is 2.19. The molecular formula is C13H13BrF2N4O. The Morgan fingerprint density at radius 3 is 2.52 bits per heavy atom. The molecule has 0 radical (unpaired) electrons. The van der Waals surface area contributed by atoms with Crippen LogP contribution in [0.2, 0.25) is 0 Å². The fraction of sp³-hybridized carbons (Fsp3) is 0.308. The Hall–Kier alpha value is -1.83. The third kappa shape index (κ3) is 3.44. The monoisotopic (exact) mass is 358 g/mol. The van der Waals surface area contributed by atoms with Gasteiger partial charge in [-0.2, -0.15) is 15.0 Å². The largest absolute Gasteiger partial charge is 0.461 e. The number of rotatable bonds is 4. The summed E-state index contributed by atoms with van der Waals surface area (Å²) in [5, 5.41) is 2.71. The summed E-state index contributed by atoms with van der Waals surface area (Å²) >= 11 is 3.01. The summed E-state index contributed by atoms with van der Waals surface area (Å²) in [4.78, 5) is 11.9. The second-order valence-electron chi connectivity index (χ2n) is 4.40. The predicted molar refractivity (Wildman–Crippen MR) is 78.2 cm³/mol. The van der Waals surface area contributed by atoms with Crippen LogP contribution < -0.4 is 10.1 Å². The van der Waals surface area contributed by atoms with Crippen molar-refractivity contribution >= 4 is 21.9 Å². The van der Waals surface area contributed by atoms with Gasteiger partial charge in [0, 0.05) is 7.05 Å². The van der Waals surface area contributed by atoms with Gasteiger partial charge in [0.25, 0.3) is 0 Å². The van der Waals surface area contributed by atoms with E-state index >= 15 is 0 Å². The first-order valence-corrected chi connectivity index (χ1v) is 6.96. The molecule has 112 valence electrons. The zero-order valence-corrected chi connectivity index (χ0v) is 13.2. The quantitative estimate of drug-likeness (QED) is 0.848. The fourth-order valence-electron chi connectivity index (χ4n) is 1.58. The molecule has 1 aromatic heterocycles. The predicted octanol–water partition coefficient (Wildman–Crippen LogP) is 3.41. The van der Waals surface area contributed by atoms with Gasteiger partial charge in [0.15, 0.2) is 11.6 Å². The zero-order valence-electron chi connectivity index (χ0n) is 11.6. The van der Waals surface area contributed by atoms with Crippen LogP contribution in [0.4, 0.5) is 14.7 Å². The molecule has 1 heterocycles. The van der Waals surface area contributed by atoms with Gasteiger partial charge >= 0.3 is 6.01 Å². The van der Waals surface area contributed by atoms with Crippen molar-refractivity contribution in [2.75, 3.05) is 12.4 Å². The highest BCUT2D eigenvalue weighted by molar-refractivity contribution is 9.10. The van der Waals surface area contributed by atoms with Crippen molar-refractivity contribution in [2.24, 2.45) is 0 Å². The van der Waals surface area contributed by atoms with Gasteiger partial charge in [0.05, 0.1) is 16.1 Å². The summed E-state index contributed by atoms with van der Waals surface area (Å²) in [6, 6.07) is 2.41. The van der Waals surface area contributed by atoms with Crippen LogP contribution in [0.3, 0.4) is 0 Å². The van der Waals surface area contributed by atoms with Crippen molar-refractivity contribution in [3.8, 4) is 17.4 Å². The molecule has 0 saturated heterocycles. The highest BCUT2D eigenvalue weighted by atomic mass is 79.9. The maximum Gasteiger partial charge on any atom is 0.322 e. The maximum atomic E-state index is 14.1. The number of nitrogens with one attached hydrogen (secondary N) is 1. The van der Waals surface area contributed by atoms with Gasteiger partial charge < -0.3 is 10.1 Å². The van der Waals surface area contributed by atoms with Crippen LogP contribution in [-0.4, -0.2) is 28.1 Å². The molecule has 0 spiro atoms. The van der Waals surface area contributed by atoms with Gasteiger partial charge in [-0.25, -0.2) is 8.78 Å². The number of hydrogen-bond donors (Lipinski definition) is 1. The Labute approximate surface area is 128 Å². The average molecular weight is 359 g/mol. The molecule has 0 atom stereocenters. The summed E-state index contributed by atoms with van der Waals surface area (Å²) in [6.45, 7) is 3.59. The van der Waals surface area contributed by atoms with Crippen LogP contribution >= 0.6 is 15.9 Å². The molecule has 1 N–H and O–H groups in total. The van der Waals surface area contributed by atoms with E-state index in [0.29, 0.717) is 0 Å². The van der Waals surface area contributed by atoms with E-state index in [2.05, 4.69) is 36.2 Å². The highest BCUT2D eigenvalue weighted by Crippen LogP contribution is 2.29. The molecule has 5 nitrogen and oxygen atoms in total. The second-order valence-corrected chi connectivity index (χ2v) is 5.25. The van der Waals surface area contributed by atoms with Crippen LogP contribution in [0.1, 0.15) is 13.8 Å². The van der Waals surface area contributed by atoms with E-state index < -0.39 is 11.6 Å². The van der Waals surface area contributed by atoms with Crippen LogP contribution in [0.25, 0.3) is 11.4 Å². The molecule has 0 saturated carbocycles. The number of nitrogens with zero attached hydrogens (tertiary/aromatic N) is 3. The van der Waals surface area contributed by atoms with Gasteiger partial charge in [-0.1, -0.05) is 0 Å². The molecule has 0 fully saturated rings. The Morgan fingerprint density at radius 2 is 1.90 bits per heavy atom. The average Bonchev–Trinajstić information content (AvgIpc) is 2.42. The lowest BCUT2D eigenvalue weighted by Crippen LogP contribution is -2.11. The van der Waals surface area contributed by atoms with E-state index in [0.717, 1.165) is 6.07 Å². The second kappa shape index (κ2) is 6.30. The number of benzene rings is 1. The minimum Gasteiger partial charge on any atom is -0.461 e. The van der Waals surface area contributed by atoms with Crippen molar-refractivity contribution in [3.63, 3.8) is 0 Å². The van der Waals surface area contributed by atoms with Crippen molar-refractivity contribution < 1.29 is 13.5 Å². The van der Waals surface area contributed by atoms with Crippen LogP contribution in [0, 0.1) is 11.6 Å². The first-order chi connectivity index (χ1) is 9.92. The molecule has 0 aliphatic carbocycles. The molecule has 21 heavy (non-hydrogen) atoms. The smallest absolute Gasteiger partial charge is 0.322 e. The third-order valence-corrected chi connectivity index (χ3v) is 3.06. The lowest BCUT2D eigenvalue weighted by molar-refractivity contribution is 0.222. The maximum absolute atomic E-state index is 14.1. The van der Waals surface area contributed by atoms with Gasteiger partial charge in [0.2, 0.25) is 5.95 Å². The lowest BCUT2D eigenvalue weighted by atomic mass is 10.2. The van der Waals surface area contributed by atoms with E-state index in [-0.39, 0.29) is 33.9 Å². The molecule has 0 aliphatic rings. The Kier molecular flexibility index (Phi) is 4.66. The van der Waals surface area contributed by atoms with Gasteiger partial charge in [0.1, 0.15) is 5.82 Å². The van der Waals surface area contributed by atoms with E-state index in [4.69, 9.17) is 4.74 Å². The van der Waals surface area contributed by atoms with Crippen molar-refractivity contribution in [1.82, 2.24) is 15.0 Å². The molecule has 8 heteroatoms. The number of aromatic nitrogens is 3. The number of ether oxygens (including phenoxy) is 1. The fourth-order valence-corrected chi connectivity index (χ4v) is 1.91. The molecular weight excluding hydrogens is 346 g/mol. The topological polar surface area (TPSA) is 59.9 Å². The van der Waals surface area contributed by atoms with Gasteiger partial charge in [-0.15, -0.1) is 0 Å². The van der Waals surface area contributed by atoms with Crippen LogP contribution in [-0.2, 0) is 0 Å². The van der Waals surface area contributed by atoms with E-state index in [1.807, 2.05) is 0 Å². The molecule has 0 amide bonds. The zero-order chi connectivity index (χ0) is 15.6. The molecule has 0 aliphatic heterocycles. The number of hydrogen-bond acceptors (Lipinski definition) is 5. The summed E-state index contributed by atoms with van der Waals surface area (Å²) in [5.41, 5.74) is -0.336. The molecule has 2 aromatic rings. The molecule has 0 bridgehead atoms.